The Morgan fingerprint density at radius 1 is 0.304 bits per heavy atom. The molecule has 2 aliphatic heterocycles. The van der Waals surface area contributed by atoms with E-state index < -0.39 is 5.41 Å². The van der Waals surface area contributed by atoms with Gasteiger partial charge in [0.25, 0.3) is 6.71 Å². The Kier molecular flexibility index (Phi) is 9.27. The predicted octanol–water partition coefficient (Wildman–Crippen LogP) is 17.2. The highest BCUT2D eigenvalue weighted by Gasteiger charge is 2.54. The van der Waals surface area contributed by atoms with Crippen LogP contribution in [0, 0.1) is 13.8 Å². The van der Waals surface area contributed by atoms with E-state index in [4.69, 9.17) is 0 Å². The topological polar surface area (TPSA) is 11.4 Å². The van der Waals surface area contributed by atoms with Crippen molar-refractivity contribution in [1.82, 2.24) is 4.57 Å². The van der Waals surface area contributed by atoms with Gasteiger partial charge < -0.3 is 14.4 Å². The third kappa shape index (κ3) is 6.03. The molecule has 3 nitrogen and oxygen atoms in total. The Hall–Kier alpha value is -9.90. The standard InChI is InChI=1S/C75H50BN3/c1-47-37-40-64-70(41-47)78(66-33-17-11-25-52(66)49-21-5-3-6-22-49)72-42-48(2)43-73-74(72)76(64)65-45-59-55-28-10-16-32-61(55)75(63(59)46-71(65)79(73)67-34-18-12-26-53(67)50-23-7-4-8-24-50)60-31-15-9-27-54(60)56-39-38-51(44-62(56)75)77-68-35-19-13-29-57(68)58-30-14-20-36-69(58)77/h3-46H,1-2H3. The number of rotatable bonds is 5. The third-order valence-electron chi connectivity index (χ3n) is 17.9. The van der Waals surface area contributed by atoms with E-state index in [0.717, 1.165) is 17.1 Å². The molecule has 79 heavy (non-hydrogen) atoms. The maximum absolute atomic E-state index is 2.65. The Morgan fingerprint density at radius 2 is 0.772 bits per heavy atom. The molecule has 0 saturated heterocycles. The van der Waals surface area contributed by atoms with Crippen LogP contribution in [0.1, 0.15) is 33.4 Å². The van der Waals surface area contributed by atoms with Crippen molar-refractivity contribution in [2.75, 3.05) is 9.80 Å². The van der Waals surface area contributed by atoms with Gasteiger partial charge in [-0.2, -0.15) is 0 Å². The number of benzene rings is 12. The quantitative estimate of drug-likeness (QED) is 0.159. The van der Waals surface area contributed by atoms with Crippen LogP contribution in [-0.4, -0.2) is 11.3 Å². The molecular weight excluding hydrogens is 954 g/mol. The van der Waals surface area contributed by atoms with Gasteiger partial charge in [0.1, 0.15) is 0 Å². The molecular formula is C75H50BN3. The number of hydrogen-bond acceptors (Lipinski definition) is 2. The molecule has 13 aromatic rings. The first kappa shape index (κ1) is 44.3. The number of para-hydroxylation sites is 4. The Morgan fingerprint density at radius 3 is 1.38 bits per heavy atom. The van der Waals surface area contributed by atoms with Gasteiger partial charge in [0, 0.05) is 50.3 Å². The van der Waals surface area contributed by atoms with Gasteiger partial charge in [0.05, 0.1) is 27.8 Å². The van der Waals surface area contributed by atoms with Gasteiger partial charge in [0.2, 0.25) is 0 Å². The van der Waals surface area contributed by atoms with E-state index in [1.807, 2.05) is 0 Å². The van der Waals surface area contributed by atoms with Gasteiger partial charge in [-0.3, -0.25) is 0 Å². The van der Waals surface area contributed by atoms with Crippen LogP contribution in [0.25, 0.3) is 72.0 Å². The molecule has 1 atom stereocenters. The molecule has 368 valence electrons. The monoisotopic (exact) mass is 1000 g/mol. The fourth-order valence-corrected chi connectivity index (χ4v) is 14.8. The minimum atomic E-state index is -0.621. The molecule has 1 unspecified atom stereocenters. The van der Waals surface area contributed by atoms with Gasteiger partial charge in [-0.15, -0.1) is 0 Å². The van der Waals surface area contributed by atoms with Gasteiger partial charge in [-0.25, -0.2) is 0 Å². The van der Waals surface area contributed by atoms with E-state index in [2.05, 4.69) is 295 Å². The van der Waals surface area contributed by atoms with Crippen molar-refractivity contribution < 1.29 is 0 Å². The molecule has 0 bridgehead atoms. The summed E-state index contributed by atoms with van der Waals surface area (Å²) >= 11 is 0. The summed E-state index contributed by atoms with van der Waals surface area (Å²) < 4.78 is 2.49. The van der Waals surface area contributed by atoms with Crippen LogP contribution in [-0.2, 0) is 5.41 Å². The van der Waals surface area contributed by atoms with Crippen LogP contribution in [0.4, 0.5) is 34.1 Å². The minimum Gasteiger partial charge on any atom is -0.311 e. The van der Waals surface area contributed by atoms with Crippen molar-refractivity contribution in [2.24, 2.45) is 0 Å². The molecule has 0 fully saturated rings. The molecule has 4 heteroatoms. The number of aryl methyl sites for hydroxylation is 2. The summed E-state index contributed by atoms with van der Waals surface area (Å²) in [4.78, 5) is 5.23. The summed E-state index contributed by atoms with van der Waals surface area (Å²) in [5.41, 5.74) is 31.7. The zero-order chi connectivity index (χ0) is 52.1. The Bertz CT molecular complexity index is 4670. The third-order valence-corrected chi connectivity index (χ3v) is 17.9. The fourth-order valence-electron chi connectivity index (χ4n) is 14.8. The molecule has 0 N–H and O–H groups in total. The number of hydrogen-bond donors (Lipinski definition) is 0. The molecule has 1 aromatic heterocycles. The molecule has 0 radical (unpaired) electrons. The highest BCUT2D eigenvalue weighted by Crippen LogP contribution is 2.64. The summed E-state index contributed by atoms with van der Waals surface area (Å²) in [5, 5.41) is 2.52. The smallest absolute Gasteiger partial charge is 0.252 e. The molecule has 4 aliphatic rings. The largest absolute Gasteiger partial charge is 0.311 e. The molecule has 2 aliphatic carbocycles. The van der Waals surface area contributed by atoms with Crippen molar-refractivity contribution in [2.45, 2.75) is 19.3 Å². The van der Waals surface area contributed by atoms with E-state index >= 15 is 0 Å². The van der Waals surface area contributed by atoms with Gasteiger partial charge in [-0.1, -0.05) is 206 Å². The van der Waals surface area contributed by atoms with Crippen LogP contribution in [0.2, 0.25) is 0 Å². The predicted molar refractivity (Wildman–Crippen MR) is 331 cm³/mol. The Labute approximate surface area is 460 Å². The zero-order valence-corrected chi connectivity index (χ0v) is 43.8. The highest BCUT2D eigenvalue weighted by molar-refractivity contribution is 7.00. The maximum Gasteiger partial charge on any atom is 0.252 e. The van der Waals surface area contributed by atoms with E-state index in [1.165, 1.54) is 139 Å². The van der Waals surface area contributed by atoms with Crippen LogP contribution in [0.5, 0.6) is 0 Å². The van der Waals surface area contributed by atoms with Gasteiger partial charge in [0.15, 0.2) is 0 Å². The molecule has 12 aromatic carbocycles. The second-order valence-electron chi connectivity index (χ2n) is 22.0. The average molecular weight is 1000 g/mol. The van der Waals surface area contributed by atoms with E-state index in [0.29, 0.717) is 0 Å². The van der Waals surface area contributed by atoms with Crippen molar-refractivity contribution in [1.29, 1.82) is 0 Å². The molecule has 0 amide bonds. The van der Waals surface area contributed by atoms with Crippen molar-refractivity contribution in [3.8, 4) is 50.2 Å². The summed E-state index contributed by atoms with van der Waals surface area (Å²) in [5.74, 6) is 0. The molecule has 17 rings (SSSR count). The summed E-state index contributed by atoms with van der Waals surface area (Å²) in [6, 6.07) is 101. The van der Waals surface area contributed by atoms with Crippen molar-refractivity contribution in [3.63, 3.8) is 0 Å². The van der Waals surface area contributed by atoms with Crippen molar-refractivity contribution >= 4 is 79.0 Å². The van der Waals surface area contributed by atoms with E-state index in [-0.39, 0.29) is 6.71 Å². The lowest BCUT2D eigenvalue weighted by Crippen LogP contribution is -2.61. The summed E-state index contributed by atoms with van der Waals surface area (Å²) in [6.07, 6.45) is 0. The van der Waals surface area contributed by atoms with Gasteiger partial charge in [-0.05, 0) is 158 Å². The van der Waals surface area contributed by atoms with Crippen molar-refractivity contribution in [3.05, 3.63) is 300 Å². The lowest BCUT2D eigenvalue weighted by molar-refractivity contribution is 0.792. The van der Waals surface area contributed by atoms with E-state index in [9.17, 15) is 0 Å². The normalized spacial score (nSPS) is 14.9. The second kappa shape index (κ2) is 16.6. The first-order valence-electron chi connectivity index (χ1n) is 27.7. The first-order valence-corrected chi connectivity index (χ1v) is 27.7. The summed E-state index contributed by atoms with van der Waals surface area (Å²) in [7, 11) is 0. The first-order chi connectivity index (χ1) is 39.0. The number of nitrogens with zero attached hydrogens (tertiary/aromatic N) is 3. The SMILES string of the molecule is Cc1ccc2c(c1)N(c1ccccc1-c1ccccc1)c1cc(C)cc3c1B2c1cc2c(cc1N3c1ccccc1-c1ccccc1)C1(c3ccccc3-c3ccc(-n4c5ccccc5c5ccccc54)cc31)c1ccccc1-2. The number of aromatic nitrogens is 1. The molecule has 0 saturated carbocycles. The second-order valence-corrected chi connectivity index (χ2v) is 22.0. The number of fused-ring (bicyclic) bond motifs is 17. The zero-order valence-electron chi connectivity index (χ0n) is 43.8. The maximum atomic E-state index is 2.65. The van der Waals surface area contributed by atoms with Crippen LogP contribution < -0.4 is 26.2 Å². The number of anilines is 6. The average Bonchev–Trinajstić information content (AvgIpc) is 2.66. The molecule has 3 heterocycles. The fraction of sp³-hybridized carbons (Fsp3) is 0.0400. The van der Waals surface area contributed by atoms with Gasteiger partial charge >= 0.3 is 0 Å². The van der Waals surface area contributed by atoms with Crippen LogP contribution >= 0.6 is 0 Å². The van der Waals surface area contributed by atoms with E-state index in [1.54, 1.807) is 0 Å². The lowest BCUT2D eigenvalue weighted by atomic mass is 9.33. The Balaban J connectivity index is 0.985. The van der Waals surface area contributed by atoms with Crippen LogP contribution in [0.15, 0.2) is 267 Å². The highest BCUT2D eigenvalue weighted by atomic mass is 15.2. The lowest BCUT2D eigenvalue weighted by Gasteiger charge is -2.45. The minimum absolute atomic E-state index is 0.0736. The van der Waals surface area contributed by atoms with Crippen LogP contribution in [0.3, 0.4) is 0 Å². The summed E-state index contributed by atoms with van der Waals surface area (Å²) in [6.45, 7) is 4.45. The molecule has 1 spiro atoms.